The van der Waals surface area contributed by atoms with Crippen LogP contribution in [-0.2, 0) is 70.2 Å². The SMILES string of the molecule is C/C=C/C(=O)Nc1nnnn1C.CN1CCN(C(=O)c2ccc(-c3nnnn3C)cc2)CC1.COc1cc(-c2nnnn2C)cc(OC)c1C.Cc1ccc(-c2nnnn2C)c2ccccc12.Cn1nnnc1-c1ccc(C(=O)N2CCN(C(=O)OC(C)(C)C)CC2)cc1.Cn1nnnc1-c1ccc(C(=O)OCc2cccnc2)cc1.Cn1nnnc1-c1ccc2c(c1)OCO2. The number of nitrogens with zero attached hydrogens (tertiary/aromatic N) is 33. The van der Waals surface area contributed by atoms with Crippen LogP contribution in [0.5, 0.6) is 23.0 Å². The van der Waals surface area contributed by atoms with E-state index in [2.05, 4.69) is 162 Å². The van der Waals surface area contributed by atoms with E-state index >= 15 is 0 Å². The molecule has 2 fully saturated rings. The number of fused-ring (bicyclic) bond motifs is 2. The molecule has 678 valence electrons. The molecular weight excluding hydrogens is 1690 g/mol. The number of pyridine rings is 1. The highest BCUT2D eigenvalue weighted by molar-refractivity contribution is 5.99. The van der Waals surface area contributed by atoms with Crippen LogP contribution in [0.1, 0.15) is 75.5 Å². The fraction of sp³-hybridized carbons (Fsp3) is 0.314. The highest BCUT2D eigenvalue weighted by atomic mass is 16.7. The number of esters is 1. The summed E-state index contributed by atoms with van der Waals surface area (Å²) in [5, 5.41) is 83.7. The van der Waals surface area contributed by atoms with Gasteiger partial charge in [0, 0.05) is 170 Å². The summed E-state index contributed by atoms with van der Waals surface area (Å²) >= 11 is 0. The molecule has 15 aromatic rings. The van der Waals surface area contributed by atoms with E-state index in [-0.39, 0.29) is 43.2 Å². The molecule has 11 heterocycles. The number of anilines is 1. The fourth-order valence-electron chi connectivity index (χ4n) is 13.1. The molecule has 45 heteroatoms. The van der Waals surface area contributed by atoms with Crippen molar-refractivity contribution < 1.29 is 52.4 Å². The van der Waals surface area contributed by atoms with Crippen molar-refractivity contribution in [3.05, 3.63) is 210 Å². The Hall–Kier alpha value is -16.5. The Morgan fingerprint density at radius 3 is 1.31 bits per heavy atom. The standard InChI is InChI=1S/C18H24N6O3.C15H13N5O2.C14H18N6O.C13H12N4.C11H14N4O2.C9H8N4O2.C6H9N5O/c1-18(2,3)27-17(26)24-11-9-23(10-12-24)16(25)14-7-5-13(6-8-14)15-19-20-21-22(15)4;1-20-14(17-18-19-20)12-4-6-13(7-5-12)15(21)22-10-11-3-2-8-16-9-11;1-18-7-9-20(10-8-18)14(21)12-5-3-11(4-6-12)13-15-16-17-19(13)2;1-9-7-8-12(13-14-15-16-17(13)2)11-6-4-3-5-10(9)11;1-7-9(16-3)5-8(6-10(7)17-4)11-12-13-14-15(11)2;1-13-9(10-11-12-13)6-2-3-7-8(4-6)15-5-14-7;1-3-4-5(12)7-6-8-9-10-11(6)2/h5-8H,9-12H2,1-4H3;2-9H,10H2,1H3;3-6H,7-10H2,1-2H3;3-8H,1-2H3;5-6H,1-4H3;2-4H,5H2,1H3;3-4H,1-2H3,(H,7,8,10,12)/b;;;;;;4-3+. The first-order chi connectivity index (χ1) is 63.1. The van der Waals surface area contributed by atoms with Gasteiger partial charge < -0.3 is 48.0 Å². The van der Waals surface area contributed by atoms with Crippen molar-refractivity contribution >= 4 is 46.5 Å². The van der Waals surface area contributed by atoms with Crippen LogP contribution in [0.4, 0.5) is 10.7 Å². The van der Waals surface area contributed by atoms with E-state index in [9.17, 15) is 24.0 Å². The van der Waals surface area contributed by atoms with Crippen LogP contribution in [0.25, 0.3) is 79.1 Å². The number of allylic oxidation sites excluding steroid dienone is 1. The minimum absolute atomic E-state index is 0.0542. The summed E-state index contributed by atoms with van der Waals surface area (Å²) in [4.78, 5) is 71.7. The third kappa shape index (κ3) is 24.6. The Morgan fingerprint density at radius 2 is 0.870 bits per heavy atom. The number of hydrogen-bond acceptors (Lipinski definition) is 34. The van der Waals surface area contributed by atoms with Gasteiger partial charge in [0.25, 0.3) is 11.8 Å². The Morgan fingerprint density at radius 1 is 0.443 bits per heavy atom. The lowest BCUT2D eigenvalue weighted by molar-refractivity contribution is -0.112. The number of aromatic nitrogens is 29. The summed E-state index contributed by atoms with van der Waals surface area (Å²) < 4.78 is 42.8. The summed E-state index contributed by atoms with van der Waals surface area (Å²) in [6.07, 6.45) is 6.03. The number of benzene rings is 7. The molecule has 0 spiro atoms. The normalized spacial score (nSPS) is 12.7. The maximum atomic E-state index is 12.7. The van der Waals surface area contributed by atoms with Gasteiger partial charge in [-0.3, -0.25) is 24.7 Å². The minimum atomic E-state index is -0.524. The predicted molar refractivity (Wildman–Crippen MR) is 474 cm³/mol. The van der Waals surface area contributed by atoms with E-state index in [4.69, 9.17) is 28.4 Å². The second-order valence-electron chi connectivity index (χ2n) is 30.4. The molecule has 0 unspecified atom stereocenters. The maximum Gasteiger partial charge on any atom is 0.410 e. The third-order valence-corrected chi connectivity index (χ3v) is 20.2. The molecule has 45 nitrogen and oxygen atoms in total. The number of likely N-dealkylation sites (N-methyl/N-ethyl adjacent to an activating group) is 1. The van der Waals surface area contributed by atoms with Gasteiger partial charge in [0.15, 0.2) is 46.4 Å². The van der Waals surface area contributed by atoms with Crippen molar-refractivity contribution in [3.63, 3.8) is 0 Å². The van der Waals surface area contributed by atoms with Gasteiger partial charge in [0.2, 0.25) is 18.6 Å². The lowest BCUT2D eigenvalue weighted by Gasteiger charge is -2.35. The van der Waals surface area contributed by atoms with Gasteiger partial charge in [-0.15, -0.1) is 30.6 Å². The summed E-state index contributed by atoms with van der Waals surface area (Å²) in [6.45, 7) is 17.1. The van der Waals surface area contributed by atoms with E-state index in [0.717, 1.165) is 99.5 Å². The summed E-state index contributed by atoms with van der Waals surface area (Å²) in [5.41, 5.74) is 9.72. The molecule has 0 bridgehead atoms. The fourth-order valence-corrected chi connectivity index (χ4v) is 13.1. The number of methoxy groups -OCH3 is 2. The number of nitrogens with one attached hydrogen (secondary N) is 1. The first-order valence-corrected chi connectivity index (χ1v) is 40.9. The Bertz CT molecular complexity index is 6340. The van der Waals surface area contributed by atoms with Gasteiger partial charge in [-0.05, 0) is 217 Å². The maximum absolute atomic E-state index is 12.7. The molecule has 3 aliphatic rings. The predicted octanol–water partition coefficient (Wildman–Crippen LogP) is 7.34. The average Bonchev–Trinajstić information content (AvgIpc) is 1.76. The number of carbonyl (C=O) groups is 5. The number of aryl methyl sites for hydroxylation is 8. The zero-order chi connectivity index (χ0) is 93.3. The summed E-state index contributed by atoms with van der Waals surface area (Å²) in [5.74, 6) is 6.86. The van der Waals surface area contributed by atoms with Crippen LogP contribution < -0.4 is 24.3 Å². The molecule has 0 saturated carbocycles. The van der Waals surface area contributed by atoms with E-state index < -0.39 is 5.60 Å². The monoisotopic (exact) mass is 1780 g/mol. The number of ether oxygens (including phenoxy) is 6. The van der Waals surface area contributed by atoms with E-state index in [1.807, 2.05) is 125 Å². The van der Waals surface area contributed by atoms with Crippen LogP contribution in [-0.4, -0.2) is 282 Å². The minimum Gasteiger partial charge on any atom is -0.496 e. The smallest absolute Gasteiger partial charge is 0.410 e. The molecule has 0 radical (unpaired) electrons. The lowest BCUT2D eigenvalue weighted by atomic mass is 10.00. The van der Waals surface area contributed by atoms with Crippen molar-refractivity contribution in [1.29, 1.82) is 0 Å². The van der Waals surface area contributed by atoms with Gasteiger partial charge in [0.1, 0.15) is 23.7 Å². The van der Waals surface area contributed by atoms with Crippen LogP contribution in [0.15, 0.2) is 176 Å². The summed E-state index contributed by atoms with van der Waals surface area (Å²) in [7, 11) is 17.7. The highest BCUT2D eigenvalue weighted by Gasteiger charge is 2.29. The number of rotatable bonds is 15. The van der Waals surface area contributed by atoms with Gasteiger partial charge in [-0.2, -0.15) is 0 Å². The van der Waals surface area contributed by atoms with Gasteiger partial charge in [-0.25, -0.2) is 42.4 Å². The van der Waals surface area contributed by atoms with E-state index in [0.29, 0.717) is 77.9 Å². The Balaban J connectivity index is 0.000000140. The molecule has 131 heavy (non-hydrogen) atoms. The molecule has 3 aliphatic heterocycles. The van der Waals surface area contributed by atoms with E-state index in [1.54, 1.807) is 162 Å². The van der Waals surface area contributed by atoms with Crippen LogP contribution in [0, 0.1) is 13.8 Å². The molecule has 18 rings (SSSR count). The quantitative estimate of drug-likeness (QED) is 0.0774. The largest absolute Gasteiger partial charge is 0.496 e. The van der Waals surface area contributed by atoms with Crippen molar-refractivity contribution in [2.75, 3.05) is 85.7 Å². The second-order valence-corrected chi connectivity index (χ2v) is 30.4. The van der Waals surface area contributed by atoms with Crippen molar-refractivity contribution in [2.45, 2.75) is 53.8 Å². The third-order valence-electron chi connectivity index (χ3n) is 20.2. The van der Waals surface area contributed by atoms with Gasteiger partial charge >= 0.3 is 12.1 Å². The first-order valence-electron chi connectivity index (χ1n) is 40.9. The zero-order valence-corrected chi connectivity index (χ0v) is 75.1. The first kappa shape index (κ1) is 93.6. The molecule has 0 aliphatic carbocycles. The zero-order valence-electron chi connectivity index (χ0n) is 75.1. The number of tetrazole rings is 7. The molecule has 8 aromatic heterocycles. The molecule has 7 aromatic carbocycles. The molecule has 1 N–H and O–H groups in total. The van der Waals surface area contributed by atoms with Gasteiger partial charge in [0.05, 0.1) is 19.8 Å². The number of amides is 4. The molecule has 2 saturated heterocycles. The van der Waals surface area contributed by atoms with Crippen molar-refractivity contribution in [2.24, 2.45) is 49.3 Å². The number of piperazine rings is 2. The Labute approximate surface area is 751 Å². The van der Waals surface area contributed by atoms with Crippen LogP contribution in [0.2, 0.25) is 0 Å². The lowest BCUT2D eigenvalue weighted by Crippen LogP contribution is -2.51. The molecule has 4 amide bonds. The summed E-state index contributed by atoms with van der Waals surface area (Å²) in [6, 6.07) is 47.1. The molecular formula is C86H98N34O11. The van der Waals surface area contributed by atoms with Gasteiger partial charge in [-0.1, -0.05) is 90.0 Å². The molecule has 0 atom stereocenters. The van der Waals surface area contributed by atoms with E-state index in [1.165, 1.54) is 27.1 Å². The average molecular weight is 1780 g/mol. The van der Waals surface area contributed by atoms with Crippen LogP contribution >= 0.6 is 0 Å². The number of carbonyl (C=O) groups excluding carboxylic acids is 5. The van der Waals surface area contributed by atoms with Crippen molar-refractivity contribution in [1.82, 2.24) is 166 Å². The van der Waals surface area contributed by atoms with Crippen molar-refractivity contribution in [3.8, 4) is 91.3 Å². The Kier molecular flexibility index (Phi) is 31.5. The number of hydrogen-bond donors (Lipinski definition) is 1. The van der Waals surface area contributed by atoms with Crippen LogP contribution in [0.3, 0.4) is 0 Å². The topological polar surface area (TPSA) is 484 Å². The highest BCUT2D eigenvalue weighted by Crippen LogP contribution is 2.36. The second kappa shape index (κ2) is 44.1.